The van der Waals surface area contributed by atoms with Gasteiger partial charge in [-0.1, -0.05) is 53.5 Å². The molecule has 0 aliphatic heterocycles. The van der Waals surface area contributed by atoms with Crippen LogP contribution in [0.15, 0.2) is 12.2 Å². The van der Waals surface area contributed by atoms with E-state index in [0.29, 0.717) is 21.7 Å². The van der Waals surface area contributed by atoms with Gasteiger partial charge in [0.15, 0.2) is 0 Å². The van der Waals surface area contributed by atoms with E-state index < -0.39 is 0 Å². The summed E-state index contributed by atoms with van der Waals surface area (Å²) in [7, 11) is 0. The highest BCUT2D eigenvalue weighted by Crippen LogP contribution is 2.76. The molecule has 4 aliphatic carbocycles. The molecule has 4 rings (SSSR count). The molecule has 9 unspecified atom stereocenters. The summed E-state index contributed by atoms with van der Waals surface area (Å²) in [6, 6.07) is 0. The van der Waals surface area contributed by atoms with Gasteiger partial charge in [0.1, 0.15) is 0 Å². The van der Waals surface area contributed by atoms with Crippen molar-refractivity contribution in [1.82, 2.24) is 0 Å². The predicted octanol–water partition coefficient (Wildman–Crippen LogP) is 9.05. The Morgan fingerprint density at radius 3 is 2.34 bits per heavy atom. The molecule has 0 bridgehead atoms. The molecule has 0 spiro atoms. The maximum atomic E-state index is 4.17. The monoisotopic (exact) mass is 398 g/mol. The Balaban J connectivity index is 1.60. The molecule has 0 aromatic rings. The molecule has 0 amide bonds. The normalized spacial score (nSPS) is 52.9. The third-order valence-electron chi connectivity index (χ3n) is 12.2. The van der Waals surface area contributed by atoms with Gasteiger partial charge in [-0.2, -0.15) is 0 Å². The Morgan fingerprint density at radius 1 is 0.931 bits per heavy atom. The molecule has 4 aliphatic rings. The number of fused-ring (bicyclic) bond motifs is 5. The summed E-state index contributed by atoms with van der Waals surface area (Å²) in [4.78, 5) is 0. The lowest BCUT2D eigenvalue weighted by atomic mass is 9.34. The zero-order chi connectivity index (χ0) is 21.2. The molecule has 0 nitrogen and oxygen atoms in total. The minimum Gasteiger partial charge on any atom is -0.100 e. The number of allylic oxidation sites excluding steroid dienone is 1. The molecule has 166 valence electrons. The second kappa shape index (κ2) is 7.13. The van der Waals surface area contributed by atoms with E-state index in [4.69, 9.17) is 0 Å². The average Bonchev–Trinajstić information content (AvgIpc) is 2.99. The Morgan fingerprint density at radius 2 is 1.66 bits per heavy atom. The lowest BCUT2D eigenvalue weighted by Crippen LogP contribution is -2.63. The minimum atomic E-state index is 0.556. The number of hydrogen-bond donors (Lipinski definition) is 0. The summed E-state index contributed by atoms with van der Waals surface area (Å²) < 4.78 is 0. The van der Waals surface area contributed by atoms with Crippen molar-refractivity contribution in [2.45, 2.75) is 119 Å². The van der Waals surface area contributed by atoms with E-state index in [2.05, 4.69) is 55.0 Å². The van der Waals surface area contributed by atoms with Crippen molar-refractivity contribution in [3.8, 4) is 0 Å². The van der Waals surface area contributed by atoms with Crippen LogP contribution in [-0.2, 0) is 0 Å². The van der Waals surface area contributed by atoms with Gasteiger partial charge < -0.3 is 0 Å². The van der Waals surface area contributed by atoms with Crippen LogP contribution in [0, 0.1) is 51.2 Å². The first kappa shape index (κ1) is 22.0. The van der Waals surface area contributed by atoms with Crippen LogP contribution in [0.4, 0.5) is 0 Å². The molecule has 9 atom stereocenters. The van der Waals surface area contributed by atoms with Crippen molar-refractivity contribution in [2.24, 2.45) is 51.2 Å². The highest BCUT2D eigenvalue weighted by molar-refractivity contribution is 5.17. The van der Waals surface area contributed by atoms with Gasteiger partial charge in [-0.15, -0.1) is 6.58 Å². The molecular weight excluding hydrogens is 348 g/mol. The third kappa shape index (κ3) is 3.04. The Bertz CT molecular complexity index is 646. The maximum Gasteiger partial charge on any atom is -0.0215 e. The third-order valence-corrected chi connectivity index (χ3v) is 12.2. The quantitative estimate of drug-likeness (QED) is 0.414. The second-order valence-electron chi connectivity index (χ2n) is 13.6. The fraction of sp³-hybridized carbons (Fsp3) is 0.931. The lowest BCUT2D eigenvalue weighted by molar-refractivity contribution is -0.216. The first-order valence-electron chi connectivity index (χ1n) is 13.1. The van der Waals surface area contributed by atoms with Crippen LogP contribution in [0.1, 0.15) is 119 Å². The van der Waals surface area contributed by atoms with Gasteiger partial charge >= 0.3 is 0 Å². The first-order chi connectivity index (χ1) is 13.5. The molecule has 29 heavy (non-hydrogen) atoms. The summed E-state index contributed by atoms with van der Waals surface area (Å²) in [5, 5.41) is 0. The van der Waals surface area contributed by atoms with Gasteiger partial charge in [0.05, 0.1) is 0 Å². The van der Waals surface area contributed by atoms with Crippen molar-refractivity contribution < 1.29 is 0 Å². The Kier molecular flexibility index (Phi) is 5.40. The number of rotatable bonds is 4. The van der Waals surface area contributed by atoms with Gasteiger partial charge in [-0.3, -0.25) is 0 Å². The SMILES string of the molecule is C=C(C)CCC(C)C1CCC2C3CCC4(C)CC(C)CCC4(C)C3(C)CCC12C. The zero-order valence-electron chi connectivity index (χ0n) is 20.9. The fourth-order valence-corrected chi connectivity index (χ4v) is 10.1. The molecular formula is C29H50. The Labute approximate surface area is 182 Å². The van der Waals surface area contributed by atoms with E-state index in [-0.39, 0.29) is 0 Å². The molecule has 0 saturated heterocycles. The van der Waals surface area contributed by atoms with Gasteiger partial charge in [0.25, 0.3) is 0 Å². The minimum absolute atomic E-state index is 0.556. The van der Waals surface area contributed by atoms with Gasteiger partial charge in [-0.25, -0.2) is 0 Å². The van der Waals surface area contributed by atoms with Crippen LogP contribution >= 0.6 is 0 Å². The van der Waals surface area contributed by atoms with E-state index in [1.165, 1.54) is 76.2 Å². The van der Waals surface area contributed by atoms with E-state index in [1.807, 2.05) is 0 Å². The summed E-state index contributed by atoms with van der Waals surface area (Å²) in [5.41, 5.74) is 3.68. The molecule has 0 aromatic heterocycles. The summed E-state index contributed by atoms with van der Waals surface area (Å²) in [6.07, 6.45) is 16.0. The maximum absolute atomic E-state index is 4.17. The van der Waals surface area contributed by atoms with Crippen molar-refractivity contribution in [1.29, 1.82) is 0 Å². The topological polar surface area (TPSA) is 0 Å². The smallest absolute Gasteiger partial charge is 0.0215 e. The van der Waals surface area contributed by atoms with Crippen LogP contribution in [0.3, 0.4) is 0 Å². The predicted molar refractivity (Wildman–Crippen MR) is 127 cm³/mol. The van der Waals surface area contributed by atoms with Crippen LogP contribution in [0.2, 0.25) is 0 Å². The fourth-order valence-electron chi connectivity index (χ4n) is 10.1. The largest absolute Gasteiger partial charge is 0.100 e. The van der Waals surface area contributed by atoms with E-state index in [0.717, 1.165) is 29.6 Å². The average molecular weight is 399 g/mol. The zero-order valence-corrected chi connectivity index (χ0v) is 20.9. The summed E-state index contributed by atoms with van der Waals surface area (Å²) in [5.74, 6) is 4.72. The van der Waals surface area contributed by atoms with Crippen molar-refractivity contribution in [3.63, 3.8) is 0 Å². The van der Waals surface area contributed by atoms with Crippen LogP contribution in [0.5, 0.6) is 0 Å². The summed E-state index contributed by atoms with van der Waals surface area (Å²) >= 11 is 0. The van der Waals surface area contributed by atoms with Crippen LogP contribution in [-0.4, -0.2) is 0 Å². The van der Waals surface area contributed by atoms with Gasteiger partial charge in [0, 0.05) is 0 Å². The molecule has 0 radical (unpaired) electrons. The van der Waals surface area contributed by atoms with Crippen molar-refractivity contribution in [3.05, 3.63) is 12.2 Å². The standard InChI is InChI=1S/C29H50/c1-20(2)9-10-22(4)23-11-12-24-25-14-15-26(5)19-21(3)13-16-29(26,8)28(25,7)18-17-27(23,24)6/h21-25H,1,9-19H2,2-8H3. The molecule has 0 heteroatoms. The highest BCUT2D eigenvalue weighted by Gasteiger charge is 2.68. The Hall–Kier alpha value is -0.260. The highest BCUT2D eigenvalue weighted by atomic mass is 14.7. The van der Waals surface area contributed by atoms with E-state index >= 15 is 0 Å². The van der Waals surface area contributed by atoms with Gasteiger partial charge in [-0.05, 0) is 122 Å². The number of hydrogen-bond acceptors (Lipinski definition) is 0. The van der Waals surface area contributed by atoms with Crippen LogP contribution < -0.4 is 0 Å². The molecule has 4 fully saturated rings. The molecule has 4 saturated carbocycles. The molecule has 0 aromatic carbocycles. The van der Waals surface area contributed by atoms with E-state index in [1.54, 1.807) is 0 Å². The van der Waals surface area contributed by atoms with Gasteiger partial charge in [0.2, 0.25) is 0 Å². The van der Waals surface area contributed by atoms with Crippen molar-refractivity contribution in [2.75, 3.05) is 0 Å². The van der Waals surface area contributed by atoms with Crippen LogP contribution in [0.25, 0.3) is 0 Å². The first-order valence-corrected chi connectivity index (χ1v) is 13.1. The second-order valence-corrected chi connectivity index (χ2v) is 13.6. The molecule has 0 N–H and O–H groups in total. The lowest BCUT2D eigenvalue weighted by Gasteiger charge is -2.70. The van der Waals surface area contributed by atoms with Crippen molar-refractivity contribution >= 4 is 0 Å². The molecule has 0 heterocycles. The van der Waals surface area contributed by atoms with E-state index in [9.17, 15) is 0 Å². The summed E-state index contributed by atoms with van der Waals surface area (Å²) in [6.45, 7) is 22.4.